The molecule has 3 fully saturated rings. The van der Waals surface area contributed by atoms with Gasteiger partial charge >= 0.3 is 0 Å². The number of hydrogen-bond acceptors (Lipinski definition) is 6. The molecule has 0 N–H and O–H groups in total. The van der Waals surface area contributed by atoms with E-state index in [-0.39, 0.29) is 12.2 Å². The predicted molar refractivity (Wildman–Crippen MR) is 58.1 cm³/mol. The van der Waals surface area contributed by atoms with Crippen LogP contribution in [-0.2, 0) is 23.7 Å². The summed E-state index contributed by atoms with van der Waals surface area (Å²) in [5.74, 6) is -1.47. The fourth-order valence-electron chi connectivity index (χ4n) is 2.72. The van der Waals surface area contributed by atoms with Crippen molar-refractivity contribution in [1.29, 1.82) is 5.26 Å². The van der Waals surface area contributed by atoms with Gasteiger partial charge in [-0.1, -0.05) is 0 Å². The first-order valence-electron chi connectivity index (χ1n) is 6.08. The van der Waals surface area contributed by atoms with E-state index >= 15 is 0 Å². The van der Waals surface area contributed by atoms with Gasteiger partial charge in [0.15, 0.2) is 24.0 Å². The van der Waals surface area contributed by atoms with Crippen LogP contribution in [0.2, 0.25) is 0 Å². The second-order valence-electron chi connectivity index (χ2n) is 5.72. The largest absolute Gasteiger partial charge is 0.341 e. The quantitative estimate of drug-likeness (QED) is 0.640. The van der Waals surface area contributed by atoms with Crippen LogP contribution in [0.3, 0.4) is 0 Å². The van der Waals surface area contributed by atoms with Crippen LogP contribution in [-0.4, -0.2) is 42.3 Å². The van der Waals surface area contributed by atoms with Crippen molar-refractivity contribution in [3.8, 4) is 6.07 Å². The molecule has 0 aromatic carbocycles. The van der Waals surface area contributed by atoms with Gasteiger partial charge in [0.1, 0.15) is 18.3 Å². The Morgan fingerprint density at radius 2 is 1.39 bits per heavy atom. The number of fused-ring (bicyclic) bond motifs is 3. The van der Waals surface area contributed by atoms with E-state index in [2.05, 4.69) is 6.07 Å². The minimum Gasteiger partial charge on any atom is -0.341 e. The highest BCUT2D eigenvalue weighted by molar-refractivity contribution is 5.06. The Hall–Kier alpha value is -0.710. The molecule has 3 aliphatic rings. The highest BCUT2D eigenvalue weighted by Gasteiger charge is 2.60. The van der Waals surface area contributed by atoms with E-state index in [0.29, 0.717) is 0 Å². The van der Waals surface area contributed by atoms with E-state index in [1.807, 2.05) is 27.7 Å². The first-order chi connectivity index (χ1) is 8.31. The van der Waals surface area contributed by atoms with E-state index in [0.717, 1.165) is 0 Å². The molecule has 18 heavy (non-hydrogen) atoms. The molecule has 0 aromatic rings. The lowest BCUT2D eigenvalue weighted by atomic mass is 10.00. The Bertz CT molecular complexity index is 402. The summed E-state index contributed by atoms with van der Waals surface area (Å²) in [5, 5.41) is 9.15. The van der Waals surface area contributed by atoms with Gasteiger partial charge in [-0.2, -0.15) is 5.26 Å². The van der Waals surface area contributed by atoms with Crippen molar-refractivity contribution in [2.24, 2.45) is 0 Å². The zero-order valence-electron chi connectivity index (χ0n) is 10.9. The lowest BCUT2D eigenvalue weighted by Crippen LogP contribution is -2.54. The zero-order valence-corrected chi connectivity index (χ0v) is 10.9. The van der Waals surface area contributed by atoms with Gasteiger partial charge in [-0.25, -0.2) is 0 Å². The fraction of sp³-hybridized carbons (Fsp3) is 0.917. The average molecular weight is 255 g/mol. The molecule has 3 aliphatic heterocycles. The Kier molecular flexibility index (Phi) is 2.50. The minimum absolute atomic E-state index is 0.342. The average Bonchev–Trinajstić information content (AvgIpc) is 2.71. The molecule has 0 spiro atoms. The second-order valence-corrected chi connectivity index (χ2v) is 5.72. The van der Waals surface area contributed by atoms with E-state index < -0.39 is 30.1 Å². The number of nitriles is 1. The lowest BCUT2D eigenvalue weighted by molar-refractivity contribution is -0.220. The van der Waals surface area contributed by atoms with E-state index in [1.165, 1.54) is 0 Å². The molecule has 6 heteroatoms. The maximum atomic E-state index is 9.15. The molecule has 0 aromatic heterocycles. The van der Waals surface area contributed by atoms with Gasteiger partial charge in [0.25, 0.3) is 0 Å². The molecule has 3 saturated heterocycles. The first kappa shape index (κ1) is 12.3. The Balaban J connectivity index is 1.89. The third kappa shape index (κ3) is 1.83. The van der Waals surface area contributed by atoms with Crippen molar-refractivity contribution < 1.29 is 23.7 Å². The highest BCUT2D eigenvalue weighted by atomic mass is 16.9. The standard InChI is InChI=1S/C12H17NO5/c1-11(2)15-7-6(5-13)14-10-9(8(7)16-11)17-12(3,4)18-10/h6-10H,1-4H3/t6-,7-,8-,9+,10+/m1/s1. The summed E-state index contributed by atoms with van der Waals surface area (Å²) in [5.41, 5.74) is 0. The van der Waals surface area contributed by atoms with Crippen molar-refractivity contribution in [2.75, 3.05) is 0 Å². The summed E-state index contributed by atoms with van der Waals surface area (Å²) in [4.78, 5) is 0. The molecular formula is C12H17NO5. The highest BCUT2D eigenvalue weighted by Crippen LogP contribution is 2.43. The normalized spacial score (nSPS) is 48.3. The zero-order chi connectivity index (χ0) is 13.1. The van der Waals surface area contributed by atoms with Crippen LogP contribution in [0.5, 0.6) is 0 Å². The Morgan fingerprint density at radius 3 is 2.06 bits per heavy atom. The maximum Gasteiger partial charge on any atom is 0.191 e. The van der Waals surface area contributed by atoms with E-state index in [1.54, 1.807) is 0 Å². The molecule has 0 bridgehead atoms. The number of ether oxygens (including phenoxy) is 5. The summed E-state index contributed by atoms with van der Waals surface area (Å²) in [6.07, 6.45) is -2.43. The molecule has 0 radical (unpaired) electrons. The molecule has 3 heterocycles. The maximum absolute atomic E-state index is 9.15. The summed E-state index contributed by atoms with van der Waals surface area (Å²) in [6.45, 7) is 7.25. The van der Waals surface area contributed by atoms with Crippen LogP contribution in [0.1, 0.15) is 27.7 Å². The predicted octanol–water partition coefficient (Wildman–Crippen LogP) is 0.906. The van der Waals surface area contributed by atoms with Gasteiger partial charge in [0.2, 0.25) is 0 Å². The summed E-state index contributed by atoms with van der Waals surface area (Å²) < 4.78 is 28.6. The smallest absolute Gasteiger partial charge is 0.191 e. The van der Waals surface area contributed by atoms with Crippen LogP contribution >= 0.6 is 0 Å². The minimum atomic E-state index is -0.737. The summed E-state index contributed by atoms with van der Waals surface area (Å²) >= 11 is 0. The number of rotatable bonds is 0. The Labute approximate surface area is 106 Å². The van der Waals surface area contributed by atoms with Crippen LogP contribution in [0.25, 0.3) is 0 Å². The molecule has 5 atom stereocenters. The van der Waals surface area contributed by atoms with Crippen molar-refractivity contribution in [1.82, 2.24) is 0 Å². The fourth-order valence-corrected chi connectivity index (χ4v) is 2.72. The Morgan fingerprint density at radius 1 is 0.833 bits per heavy atom. The van der Waals surface area contributed by atoms with Crippen molar-refractivity contribution in [2.45, 2.75) is 70.0 Å². The molecule has 0 aliphatic carbocycles. The molecular weight excluding hydrogens is 238 g/mol. The molecule has 0 unspecified atom stereocenters. The molecule has 6 nitrogen and oxygen atoms in total. The van der Waals surface area contributed by atoms with Crippen LogP contribution < -0.4 is 0 Å². The third-order valence-corrected chi connectivity index (χ3v) is 3.28. The topological polar surface area (TPSA) is 69.9 Å². The SMILES string of the molecule is CC1(C)O[C@@H]2O[C@H](C#N)[C@H]3OC(C)(C)O[C@H]3[C@@H]2O1. The van der Waals surface area contributed by atoms with Gasteiger partial charge in [0, 0.05) is 0 Å². The number of hydrogen-bond donors (Lipinski definition) is 0. The van der Waals surface area contributed by atoms with Crippen LogP contribution in [0, 0.1) is 11.3 Å². The molecule has 3 rings (SSSR count). The second kappa shape index (κ2) is 3.65. The lowest BCUT2D eigenvalue weighted by Gasteiger charge is -2.33. The van der Waals surface area contributed by atoms with Gasteiger partial charge in [-0.3, -0.25) is 0 Å². The van der Waals surface area contributed by atoms with Crippen molar-refractivity contribution in [3.05, 3.63) is 0 Å². The molecule has 100 valence electrons. The number of nitrogens with zero attached hydrogens (tertiary/aromatic N) is 1. The van der Waals surface area contributed by atoms with Gasteiger partial charge in [-0.05, 0) is 27.7 Å². The molecule has 0 saturated carbocycles. The molecule has 0 amide bonds. The van der Waals surface area contributed by atoms with Crippen molar-refractivity contribution in [3.63, 3.8) is 0 Å². The summed E-state index contributed by atoms with van der Waals surface area (Å²) in [6, 6.07) is 2.09. The van der Waals surface area contributed by atoms with Crippen LogP contribution in [0.15, 0.2) is 0 Å². The van der Waals surface area contributed by atoms with Gasteiger partial charge < -0.3 is 23.7 Å². The van der Waals surface area contributed by atoms with Gasteiger partial charge in [-0.15, -0.1) is 0 Å². The summed E-state index contributed by atoms with van der Waals surface area (Å²) in [7, 11) is 0. The van der Waals surface area contributed by atoms with Gasteiger partial charge in [0.05, 0.1) is 6.07 Å². The first-order valence-corrected chi connectivity index (χ1v) is 6.08. The van der Waals surface area contributed by atoms with Crippen molar-refractivity contribution >= 4 is 0 Å². The monoisotopic (exact) mass is 255 g/mol. The van der Waals surface area contributed by atoms with E-state index in [9.17, 15) is 0 Å². The van der Waals surface area contributed by atoms with Crippen LogP contribution in [0.4, 0.5) is 0 Å². The third-order valence-electron chi connectivity index (χ3n) is 3.28. The van der Waals surface area contributed by atoms with E-state index in [4.69, 9.17) is 28.9 Å².